The molecule has 0 saturated carbocycles. The SMILES string of the molecule is CC(C)(C)c1ccnc(-n2c3[c-]c(Oc4[c-]c(N5[CH-]N(c6c(-c7ccccc7)cccc6-c6cccc(-c7ccccc7)c6)c6ccccc65)ccc4)ccc3c3c2c2ccccc2n3-c2ccccc2)c1.[Pd]. The maximum Gasteiger partial charge on any atom is 0.135 e. The van der Waals surface area contributed by atoms with Gasteiger partial charge in [0.05, 0.1) is 11.0 Å². The van der Waals surface area contributed by atoms with Gasteiger partial charge in [-0.15, -0.1) is 42.7 Å². The fourth-order valence-corrected chi connectivity index (χ4v) is 10.4. The minimum Gasteiger partial charge on any atom is -0.509 e. The number of ether oxygens (including phenoxy) is 1. The summed E-state index contributed by atoms with van der Waals surface area (Å²) in [6.45, 7) is 8.90. The number of nitrogens with zero attached hydrogens (tertiary/aromatic N) is 5. The van der Waals surface area contributed by atoms with Gasteiger partial charge in [0, 0.05) is 82.9 Å². The summed E-state index contributed by atoms with van der Waals surface area (Å²) in [4.78, 5) is 9.58. The summed E-state index contributed by atoms with van der Waals surface area (Å²) in [5.41, 5.74) is 17.3. The van der Waals surface area contributed by atoms with Crippen LogP contribution in [0.4, 0.5) is 22.7 Å². The summed E-state index contributed by atoms with van der Waals surface area (Å²) in [5, 5.41) is 2.17. The monoisotopic (exact) mass is 1030 g/mol. The number of hydrogen-bond donors (Lipinski definition) is 0. The van der Waals surface area contributed by atoms with Crippen molar-refractivity contribution < 1.29 is 25.2 Å². The van der Waals surface area contributed by atoms with E-state index in [1.807, 2.05) is 24.4 Å². The third-order valence-electron chi connectivity index (χ3n) is 13.8. The van der Waals surface area contributed by atoms with Crippen LogP contribution in [0.15, 0.2) is 231 Å². The topological polar surface area (TPSA) is 38.5 Å². The summed E-state index contributed by atoms with van der Waals surface area (Å²) < 4.78 is 11.4. The molecule has 0 unspecified atom stereocenters. The molecule has 1 aliphatic heterocycles. The average Bonchev–Trinajstić information content (AvgIpc) is 4.09. The first-order valence-electron chi connectivity index (χ1n) is 24.4. The number of aromatic nitrogens is 3. The van der Waals surface area contributed by atoms with Gasteiger partial charge in [0.15, 0.2) is 0 Å². The van der Waals surface area contributed by atoms with Crippen molar-refractivity contribution in [2.45, 2.75) is 26.2 Å². The van der Waals surface area contributed by atoms with E-state index >= 15 is 0 Å². The van der Waals surface area contributed by atoms with Crippen LogP contribution in [-0.4, -0.2) is 14.1 Å². The second kappa shape index (κ2) is 18.6. The molecule has 7 heteroatoms. The van der Waals surface area contributed by atoms with E-state index in [4.69, 9.17) is 9.72 Å². The van der Waals surface area contributed by atoms with Crippen LogP contribution in [0.25, 0.3) is 77.7 Å². The van der Waals surface area contributed by atoms with E-state index in [9.17, 15) is 0 Å². The molecule has 0 saturated heterocycles. The normalized spacial score (nSPS) is 12.4. The van der Waals surface area contributed by atoms with Crippen molar-refractivity contribution >= 4 is 55.6 Å². The van der Waals surface area contributed by atoms with Gasteiger partial charge in [-0.05, 0) is 81.8 Å². The fraction of sp³-hybridized carbons (Fsp3) is 0.0606. The number of anilines is 4. The molecular weight excluding hydrogens is 985 g/mol. The number of rotatable bonds is 9. The Labute approximate surface area is 439 Å². The molecule has 3 aromatic heterocycles. The van der Waals surface area contributed by atoms with Crippen LogP contribution in [0.1, 0.15) is 26.3 Å². The van der Waals surface area contributed by atoms with Crippen molar-refractivity contribution in [2.75, 3.05) is 9.80 Å². The van der Waals surface area contributed by atoms with Gasteiger partial charge in [-0.1, -0.05) is 177 Å². The number of fused-ring (bicyclic) bond motifs is 6. The fourth-order valence-electron chi connectivity index (χ4n) is 10.4. The first-order valence-corrected chi connectivity index (χ1v) is 24.4. The molecule has 0 N–H and O–H groups in total. The van der Waals surface area contributed by atoms with E-state index in [2.05, 4.69) is 265 Å². The van der Waals surface area contributed by atoms with Crippen LogP contribution in [0, 0.1) is 18.8 Å². The Bertz CT molecular complexity index is 3990. The first kappa shape index (κ1) is 45.7. The third-order valence-corrected chi connectivity index (χ3v) is 13.8. The standard InChI is InChI=1S/C66H48N5O.Pd/c1-66(2,3)49-38-39-67-62(41-49)71-61-43-53(36-37-57(61)64-65(71)56-30-13-14-33-58(56)70(64)50-26-11-6-12-27-50)72-52-29-18-28-51(42-52)68-44-69(60-35-16-15-34-59(60)68)63-54(46-22-9-5-10-23-46)31-19-32-55(63)48-25-17-24-47(40-48)45-20-7-4-8-21-45;/h4-41,44H,1-3H3;/q-3;. The Balaban J connectivity index is 0.00000543. The molecule has 0 spiro atoms. The Morgan fingerprint density at radius 3 is 1.85 bits per heavy atom. The van der Waals surface area contributed by atoms with Crippen LogP contribution in [-0.2, 0) is 25.8 Å². The van der Waals surface area contributed by atoms with E-state index in [-0.39, 0.29) is 25.8 Å². The molecule has 0 fully saturated rings. The van der Waals surface area contributed by atoms with E-state index in [0.717, 1.165) is 89.3 Å². The van der Waals surface area contributed by atoms with Gasteiger partial charge in [-0.25, -0.2) is 4.98 Å². The molecule has 6 nitrogen and oxygen atoms in total. The molecular formula is C66H48N5OPd-3. The maximum atomic E-state index is 6.83. The van der Waals surface area contributed by atoms with Gasteiger partial charge in [-0.3, -0.25) is 0 Å². The van der Waals surface area contributed by atoms with Crippen molar-refractivity contribution in [3.8, 4) is 56.4 Å². The zero-order valence-electron chi connectivity index (χ0n) is 40.5. The molecule has 356 valence electrons. The van der Waals surface area contributed by atoms with Gasteiger partial charge in [0.1, 0.15) is 5.82 Å². The molecule has 0 atom stereocenters. The van der Waals surface area contributed by atoms with E-state index in [1.54, 1.807) is 0 Å². The molecule has 0 aliphatic carbocycles. The summed E-state index contributed by atoms with van der Waals surface area (Å²) in [7, 11) is 0. The third kappa shape index (κ3) is 8.08. The molecule has 9 aromatic carbocycles. The zero-order valence-corrected chi connectivity index (χ0v) is 42.0. The number of benzene rings is 9. The smallest absolute Gasteiger partial charge is 0.135 e. The second-order valence-electron chi connectivity index (χ2n) is 19.3. The molecule has 0 bridgehead atoms. The molecule has 1 aliphatic rings. The molecule has 4 heterocycles. The largest absolute Gasteiger partial charge is 0.509 e. The van der Waals surface area contributed by atoms with Crippen molar-refractivity contribution in [3.63, 3.8) is 0 Å². The van der Waals surface area contributed by atoms with Crippen LogP contribution in [0.3, 0.4) is 0 Å². The Hall–Kier alpha value is -8.47. The molecule has 0 radical (unpaired) electrons. The van der Waals surface area contributed by atoms with Gasteiger partial charge >= 0.3 is 0 Å². The summed E-state index contributed by atoms with van der Waals surface area (Å²) in [6, 6.07) is 86.5. The van der Waals surface area contributed by atoms with Crippen molar-refractivity contribution in [1.29, 1.82) is 0 Å². The number of hydrogen-bond acceptors (Lipinski definition) is 4. The van der Waals surface area contributed by atoms with Crippen molar-refractivity contribution in [2.24, 2.45) is 0 Å². The van der Waals surface area contributed by atoms with Crippen molar-refractivity contribution in [1.82, 2.24) is 14.1 Å². The summed E-state index contributed by atoms with van der Waals surface area (Å²) in [6.07, 6.45) is 1.92. The van der Waals surface area contributed by atoms with Crippen LogP contribution in [0.2, 0.25) is 0 Å². The molecule has 13 rings (SSSR count). The average molecular weight is 1030 g/mol. The summed E-state index contributed by atoms with van der Waals surface area (Å²) in [5.74, 6) is 1.98. The Morgan fingerprint density at radius 2 is 1.08 bits per heavy atom. The first-order chi connectivity index (χ1) is 35.4. The van der Waals surface area contributed by atoms with Crippen LogP contribution in [0.5, 0.6) is 11.5 Å². The van der Waals surface area contributed by atoms with Crippen LogP contribution < -0.4 is 14.5 Å². The summed E-state index contributed by atoms with van der Waals surface area (Å²) >= 11 is 0. The quantitative estimate of drug-likeness (QED) is 0.107. The van der Waals surface area contributed by atoms with Crippen molar-refractivity contribution in [3.05, 3.63) is 255 Å². The number of pyridine rings is 1. The predicted octanol–water partition coefficient (Wildman–Crippen LogP) is 17.2. The second-order valence-corrected chi connectivity index (χ2v) is 19.3. The van der Waals surface area contributed by atoms with Gasteiger partial charge in [0.2, 0.25) is 0 Å². The molecule has 0 amide bonds. The van der Waals surface area contributed by atoms with E-state index in [1.165, 1.54) is 16.7 Å². The maximum absolute atomic E-state index is 6.83. The minimum absolute atomic E-state index is 0. The van der Waals surface area contributed by atoms with Gasteiger partial charge in [-0.2, -0.15) is 12.1 Å². The Morgan fingerprint density at radius 1 is 0.479 bits per heavy atom. The predicted molar refractivity (Wildman–Crippen MR) is 296 cm³/mol. The van der Waals surface area contributed by atoms with E-state index in [0.29, 0.717) is 11.5 Å². The zero-order chi connectivity index (χ0) is 48.3. The molecule has 73 heavy (non-hydrogen) atoms. The van der Waals surface area contributed by atoms with Gasteiger partial charge < -0.3 is 23.7 Å². The Kier molecular flexibility index (Phi) is 11.6. The van der Waals surface area contributed by atoms with E-state index < -0.39 is 0 Å². The minimum atomic E-state index is -0.0803. The van der Waals surface area contributed by atoms with Gasteiger partial charge in [0.25, 0.3) is 0 Å². The molecule has 12 aromatic rings. The number of para-hydroxylation sites is 5. The van der Waals surface area contributed by atoms with Crippen LogP contribution >= 0.6 is 0 Å².